The van der Waals surface area contributed by atoms with Crippen molar-refractivity contribution in [3.05, 3.63) is 22.3 Å². The lowest BCUT2D eigenvalue weighted by Crippen LogP contribution is -2.16. The second-order valence-corrected chi connectivity index (χ2v) is 5.68. The number of carbonyl (C=O) groups is 1. The highest BCUT2D eigenvalue weighted by Gasteiger charge is 2.16. The zero-order valence-corrected chi connectivity index (χ0v) is 12.1. The minimum Gasteiger partial charge on any atom is -0.316 e. The predicted octanol–water partition coefficient (Wildman–Crippen LogP) is 2.48. The Hall–Kier alpha value is -0.940. The molecule has 0 aliphatic carbocycles. The smallest absolute Gasteiger partial charge is 0.225 e. The van der Waals surface area contributed by atoms with Crippen molar-refractivity contribution >= 4 is 27.7 Å². The molecule has 1 saturated heterocycles. The first-order valence-corrected chi connectivity index (χ1v) is 7.07. The molecule has 2 N–H and O–H groups in total. The Kier molecular flexibility index (Phi) is 4.72. The lowest BCUT2D eigenvalue weighted by Gasteiger charge is -2.09. The number of nitrogens with zero attached hydrogens (tertiary/aromatic N) is 1. The van der Waals surface area contributed by atoms with Gasteiger partial charge in [0.05, 0.1) is 0 Å². The van der Waals surface area contributed by atoms with Crippen LogP contribution in [0, 0.1) is 12.8 Å². The average Bonchev–Trinajstić information content (AvgIpc) is 2.83. The topological polar surface area (TPSA) is 54.0 Å². The highest BCUT2D eigenvalue weighted by atomic mass is 79.9. The van der Waals surface area contributed by atoms with Crippen molar-refractivity contribution in [2.45, 2.75) is 26.2 Å². The maximum atomic E-state index is 11.8. The zero-order valence-electron chi connectivity index (χ0n) is 10.5. The van der Waals surface area contributed by atoms with Gasteiger partial charge in [-0.05, 0) is 66.3 Å². The average molecular weight is 312 g/mol. The molecule has 1 atom stereocenters. The van der Waals surface area contributed by atoms with Crippen molar-refractivity contribution < 1.29 is 4.79 Å². The fraction of sp³-hybridized carbons (Fsp3) is 0.538. The standard InChI is InChI=1S/C13H18BrN3O/c1-9-6-11(14)8-16-13(9)17-12(18)3-2-10-4-5-15-7-10/h6,8,10,15H,2-5,7H2,1H3,(H,16,17,18). The van der Waals surface area contributed by atoms with E-state index in [2.05, 4.69) is 31.5 Å². The number of aryl methyl sites for hydroxylation is 1. The van der Waals surface area contributed by atoms with Crippen molar-refractivity contribution in [3.63, 3.8) is 0 Å². The first-order valence-electron chi connectivity index (χ1n) is 6.28. The molecule has 1 aliphatic heterocycles. The number of hydrogen-bond donors (Lipinski definition) is 2. The summed E-state index contributed by atoms with van der Waals surface area (Å²) in [6.07, 6.45) is 4.41. The summed E-state index contributed by atoms with van der Waals surface area (Å²) in [6.45, 7) is 4.07. The van der Waals surface area contributed by atoms with E-state index in [9.17, 15) is 4.79 Å². The van der Waals surface area contributed by atoms with E-state index in [0.29, 0.717) is 18.2 Å². The number of hydrogen-bond acceptors (Lipinski definition) is 3. The van der Waals surface area contributed by atoms with Gasteiger partial charge in [-0.2, -0.15) is 0 Å². The van der Waals surface area contributed by atoms with Crippen LogP contribution in [0.15, 0.2) is 16.7 Å². The molecule has 0 radical (unpaired) electrons. The van der Waals surface area contributed by atoms with Crippen LogP contribution in [0.3, 0.4) is 0 Å². The van der Waals surface area contributed by atoms with Gasteiger partial charge in [0.2, 0.25) is 5.91 Å². The number of aromatic nitrogens is 1. The minimum atomic E-state index is 0.0554. The highest BCUT2D eigenvalue weighted by Crippen LogP contribution is 2.18. The molecule has 1 aromatic rings. The van der Waals surface area contributed by atoms with E-state index in [0.717, 1.165) is 29.5 Å². The molecule has 5 heteroatoms. The van der Waals surface area contributed by atoms with E-state index in [1.807, 2.05) is 13.0 Å². The molecule has 1 aliphatic rings. The molecule has 1 amide bonds. The van der Waals surface area contributed by atoms with Crippen molar-refractivity contribution in [3.8, 4) is 0 Å². The van der Waals surface area contributed by atoms with Crippen LogP contribution >= 0.6 is 15.9 Å². The third-order valence-corrected chi connectivity index (χ3v) is 3.68. The van der Waals surface area contributed by atoms with Gasteiger partial charge in [-0.15, -0.1) is 0 Å². The van der Waals surface area contributed by atoms with Gasteiger partial charge in [-0.25, -0.2) is 4.98 Å². The van der Waals surface area contributed by atoms with Crippen LogP contribution in [0.1, 0.15) is 24.8 Å². The Morgan fingerprint density at radius 1 is 1.67 bits per heavy atom. The van der Waals surface area contributed by atoms with Crippen LogP contribution in [0.25, 0.3) is 0 Å². The number of pyridine rings is 1. The van der Waals surface area contributed by atoms with Gasteiger partial charge >= 0.3 is 0 Å². The Morgan fingerprint density at radius 2 is 2.50 bits per heavy atom. The van der Waals surface area contributed by atoms with Crippen LogP contribution in [0.2, 0.25) is 0 Å². The molecule has 0 bridgehead atoms. The van der Waals surface area contributed by atoms with E-state index in [4.69, 9.17) is 0 Å². The van der Waals surface area contributed by atoms with Gasteiger partial charge in [-0.1, -0.05) is 0 Å². The lowest BCUT2D eigenvalue weighted by atomic mass is 10.0. The fourth-order valence-corrected chi connectivity index (χ4v) is 2.61. The molecule has 1 aromatic heterocycles. The second-order valence-electron chi connectivity index (χ2n) is 4.76. The summed E-state index contributed by atoms with van der Waals surface area (Å²) < 4.78 is 0.926. The molecule has 2 heterocycles. The van der Waals surface area contributed by atoms with Gasteiger partial charge in [0.1, 0.15) is 5.82 Å². The molecule has 98 valence electrons. The first kappa shape index (κ1) is 13.5. The molecule has 0 spiro atoms. The van der Waals surface area contributed by atoms with Crippen molar-refractivity contribution in [1.82, 2.24) is 10.3 Å². The third-order valence-electron chi connectivity index (χ3n) is 3.24. The van der Waals surface area contributed by atoms with Gasteiger partial charge in [0, 0.05) is 17.1 Å². The molecule has 1 fully saturated rings. The van der Waals surface area contributed by atoms with E-state index < -0.39 is 0 Å². The minimum absolute atomic E-state index is 0.0554. The summed E-state index contributed by atoms with van der Waals surface area (Å²) in [5, 5.41) is 6.18. The normalized spacial score (nSPS) is 18.9. The van der Waals surface area contributed by atoms with Gasteiger partial charge in [0.25, 0.3) is 0 Å². The summed E-state index contributed by atoms with van der Waals surface area (Å²) >= 11 is 3.36. The quantitative estimate of drug-likeness (QED) is 0.898. The molecule has 2 rings (SSSR count). The van der Waals surface area contributed by atoms with E-state index in [-0.39, 0.29) is 5.91 Å². The number of halogens is 1. The van der Waals surface area contributed by atoms with E-state index >= 15 is 0 Å². The van der Waals surface area contributed by atoms with E-state index in [1.165, 1.54) is 6.42 Å². The Labute approximate surface area is 116 Å². The van der Waals surface area contributed by atoms with Crippen LogP contribution in [-0.2, 0) is 4.79 Å². The molecule has 1 unspecified atom stereocenters. The number of amides is 1. The molecule has 18 heavy (non-hydrogen) atoms. The summed E-state index contributed by atoms with van der Waals surface area (Å²) in [7, 11) is 0. The molecular weight excluding hydrogens is 294 g/mol. The van der Waals surface area contributed by atoms with Crippen LogP contribution in [-0.4, -0.2) is 24.0 Å². The van der Waals surface area contributed by atoms with Gasteiger partial charge in [0.15, 0.2) is 0 Å². The maximum Gasteiger partial charge on any atom is 0.225 e. The number of rotatable bonds is 4. The maximum absolute atomic E-state index is 11.8. The predicted molar refractivity (Wildman–Crippen MR) is 75.5 cm³/mol. The Balaban J connectivity index is 1.82. The summed E-state index contributed by atoms with van der Waals surface area (Å²) in [4.78, 5) is 16.0. The Bertz CT molecular complexity index is 430. The first-order chi connectivity index (χ1) is 8.65. The van der Waals surface area contributed by atoms with Crippen LogP contribution < -0.4 is 10.6 Å². The second kappa shape index (κ2) is 6.29. The van der Waals surface area contributed by atoms with Gasteiger partial charge < -0.3 is 10.6 Å². The SMILES string of the molecule is Cc1cc(Br)cnc1NC(=O)CCC1CCNC1. The van der Waals surface area contributed by atoms with Gasteiger partial charge in [-0.3, -0.25) is 4.79 Å². The van der Waals surface area contributed by atoms with Crippen molar-refractivity contribution in [1.29, 1.82) is 0 Å². The summed E-state index contributed by atoms with van der Waals surface area (Å²) in [5.41, 5.74) is 0.972. The summed E-state index contributed by atoms with van der Waals surface area (Å²) in [6, 6.07) is 1.95. The van der Waals surface area contributed by atoms with Crippen LogP contribution in [0.5, 0.6) is 0 Å². The lowest BCUT2D eigenvalue weighted by molar-refractivity contribution is -0.116. The van der Waals surface area contributed by atoms with Crippen molar-refractivity contribution in [2.24, 2.45) is 5.92 Å². The highest BCUT2D eigenvalue weighted by molar-refractivity contribution is 9.10. The summed E-state index contributed by atoms with van der Waals surface area (Å²) in [5.74, 6) is 1.36. The molecule has 0 saturated carbocycles. The molecular formula is C13H18BrN3O. The molecule has 4 nitrogen and oxygen atoms in total. The number of carbonyl (C=O) groups excluding carboxylic acids is 1. The fourth-order valence-electron chi connectivity index (χ4n) is 2.16. The third kappa shape index (κ3) is 3.78. The number of nitrogens with one attached hydrogen (secondary N) is 2. The number of anilines is 1. The molecule has 0 aromatic carbocycles. The Morgan fingerprint density at radius 3 is 3.17 bits per heavy atom. The van der Waals surface area contributed by atoms with Crippen molar-refractivity contribution in [2.75, 3.05) is 18.4 Å². The van der Waals surface area contributed by atoms with Crippen LogP contribution in [0.4, 0.5) is 5.82 Å². The monoisotopic (exact) mass is 311 g/mol. The zero-order chi connectivity index (χ0) is 13.0. The largest absolute Gasteiger partial charge is 0.316 e. The van der Waals surface area contributed by atoms with E-state index in [1.54, 1.807) is 6.20 Å².